The number of aliphatic imine (C=N–C) groups is 1. The van der Waals surface area contributed by atoms with Crippen LogP contribution in [0.15, 0.2) is 51.4 Å². The number of carbonyl (C=O) groups is 1. The van der Waals surface area contributed by atoms with Gasteiger partial charge in [-0.1, -0.05) is 12.1 Å². The van der Waals surface area contributed by atoms with Crippen LogP contribution in [0.3, 0.4) is 0 Å². The van der Waals surface area contributed by atoms with Crippen molar-refractivity contribution in [3.8, 4) is 23.0 Å². The van der Waals surface area contributed by atoms with Gasteiger partial charge in [0, 0.05) is 6.26 Å². The Bertz CT molecular complexity index is 1480. The zero-order valence-electron chi connectivity index (χ0n) is 19.2. The van der Waals surface area contributed by atoms with E-state index in [1.54, 1.807) is 18.2 Å². The minimum absolute atomic E-state index is 0.0323. The SMILES string of the molecule is CCOc1cc(C=C2C(=N)N3C(=NC2=O)SN=C3S(C)(=O)=O)ccc1OCc1ccc2c(c1)OCO2. The second kappa shape index (κ2) is 9.32. The maximum Gasteiger partial charge on any atom is 0.283 e. The third kappa shape index (κ3) is 4.54. The fraction of sp³-hybridized carbons (Fsp3) is 0.217. The molecule has 0 fully saturated rings. The first kappa shape index (κ1) is 23.9. The molecule has 11 nitrogen and oxygen atoms in total. The lowest BCUT2D eigenvalue weighted by Crippen LogP contribution is -2.45. The Kier molecular flexibility index (Phi) is 6.18. The van der Waals surface area contributed by atoms with E-state index in [1.165, 1.54) is 6.08 Å². The zero-order chi connectivity index (χ0) is 25.4. The standard InChI is InChI=1S/C23H20N4O7S2/c1-3-31-18-9-13(4-6-16(18)32-11-14-5-7-17-19(10-14)34-12-33-17)8-15-20(24)27-22(25-21(15)28)35-26-23(27)36(2,29)30/h4-10,24H,3,11-12H2,1-2H3. The van der Waals surface area contributed by atoms with E-state index in [4.69, 9.17) is 24.4 Å². The maximum atomic E-state index is 12.6. The molecule has 3 aliphatic heterocycles. The van der Waals surface area contributed by atoms with Crippen LogP contribution in [-0.4, -0.2) is 55.1 Å². The molecule has 0 saturated carbocycles. The molecule has 0 unspecified atom stereocenters. The van der Waals surface area contributed by atoms with Gasteiger partial charge in [-0.05, 0) is 48.4 Å². The van der Waals surface area contributed by atoms with E-state index >= 15 is 0 Å². The summed E-state index contributed by atoms with van der Waals surface area (Å²) in [5.74, 6) is 1.30. The predicted octanol–water partition coefficient (Wildman–Crippen LogP) is 3.01. The number of ether oxygens (including phenoxy) is 4. The average Bonchev–Trinajstić information content (AvgIpc) is 3.48. The van der Waals surface area contributed by atoms with Gasteiger partial charge in [0.1, 0.15) is 12.4 Å². The molecule has 1 N–H and O–H groups in total. The van der Waals surface area contributed by atoms with Gasteiger partial charge in [0.05, 0.1) is 24.1 Å². The molecule has 5 rings (SSSR count). The summed E-state index contributed by atoms with van der Waals surface area (Å²) in [6.45, 7) is 2.66. The van der Waals surface area contributed by atoms with Gasteiger partial charge in [-0.3, -0.25) is 10.2 Å². The Morgan fingerprint density at radius 2 is 1.94 bits per heavy atom. The van der Waals surface area contributed by atoms with E-state index < -0.39 is 15.7 Å². The number of fused-ring (bicyclic) bond motifs is 2. The lowest BCUT2D eigenvalue weighted by atomic mass is 10.1. The molecular weight excluding hydrogens is 508 g/mol. The Morgan fingerprint density at radius 1 is 1.14 bits per heavy atom. The Balaban J connectivity index is 1.39. The highest BCUT2D eigenvalue weighted by Gasteiger charge is 2.41. The fourth-order valence-corrected chi connectivity index (χ4v) is 5.44. The van der Waals surface area contributed by atoms with Crippen LogP contribution >= 0.6 is 11.9 Å². The molecule has 13 heteroatoms. The van der Waals surface area contributed by atoms with Crippen LogP contribution in [0.5, 0.6) is 23.0 Å². The van der Waals surface area contributed by atoms with Gasteiger partial charge in [0.2, 0.25) is 27.0 Å². The number of amidine groups is 3. The Morgan fingerprint density at radius 3 is 2.72 bits per heavy atom. The van der Waals surface area contributed by atoms with Gasteiger partial charge < -0.3 is 18.9 Å². The minimum atomic E-state index is -3.73. The maximum absolute atomic E-state index is 12.6. The summed E-state index contributed by atoms with van der Waals surface area (Å²) in [4.78, 5) is 17.6. The van der Waals surface area contributed by atoms with Crippen LogP contribution in [0.1, 0.15) is 18.1 Å². The van der Waals surface area contributed by atoms with Gasteiger partial charge in [-0.25, -0.2) is 13.3 Å². The van der Waals surface area contributed by atoms with Crippen molar-refractivity contribution in [1.82, 2.24) is 4.90 Å². The highest BCUT2D eigenvalue weighted by molar-refractivity contribution is 8.16. The third-order valence-electron chi connectivity index (χ3n) is 5.24. The highest BCUT2D eigenvalue weighted by atomic mass is 32.2. The third-order valence-corrected chi connectivity index (χ3v) is 6.99. The molecule has 0 aromatic heterocycles. The number of sulfone groups is 1. The lowest BCUT2D eigenvalue weighted by molar-refractivity contribution is -0.114. The number of rotatable bonds is 6. The molecule has 186 valence electrons. The summed E-state index contributed by atoms with van der Waals surface area (Å²) in [5.41, 5.74) is 1.36. The largest absolute Gasteiger partial charge is 0.490 e. The normalized spacial score (nSPS) is 17.7. The Labute approximate surface area is 211 Å². The summed E-state index contributed by atoms with van der Waals surface area (Å²) in [7, 11) is -3.73. The molecule has 0 atom stereocenters. The van der Waals surface area contributed by atoms with Crippen molar-refractivity contribution in [1.29, 1.82) is 5.41 Å². The van der Waals surface area contributed by atoms with Crippen LogP contribution in [-0.2, 0) is 21.2 Å². The summed E-state index contributed by atoms with van der Waals surface area (Å²) in [6, 6.07) is 10.6. The summed E-state index contributed by atoms with van der Waals surface area (Å²) >= 11 is 0.743. The van der Waals surface area contributed by atoms with Gasteiger partial charge >= 0.3 is 0 Å². The predicted molar refractivity (Wildman–Crippen MR) is 134 cm³/mol. The number of nitrogens with one attached hydrogen (secondary N) is 1. The first-order valence-electron chi connectivity index (χ1n) is 10.7. The van der Waals surface area contributed by atoms with Gasteiger partial charge in [0.15, 0.2) is 23.0 Å². The van der Waals surface area contributed by atoms with Crippen LogP contribution in [0, 0.1) is 5.41 Å². The number of carbonyl (C=O) groups excluding carboxylic acids is 1. The van der Waals surface area contributed by atoms with Gasteiger partial charge in [0.25, 0.3) is 5.91 Å². The molecule has 2 aromatic rings. The molecule has 0 radical (unpaired) electrons. The van der Waals surface area contributed by atoms with Crippen LogP contribution in [0.2, 0.25) is 0 Å². The number of hydrogen-bond acceptors (Lipinski definition) is 10. The van der Waals surface area contributed by atoms with E-state index in [0.29, 0.717) is 35.2 Å². The molecule has 0 spiro atoms. The van der Waals surface area contributed by atoms with Crippen molar-refractivity contribution < 1.29 is 32.2 Å². The second-order valence-electron chi connectivity index (χ2n) is 7.79. The van der Waals surface area contributed by atoms with E-state index in [2.05, 4.69) is 9.39 Å². The van der Waals surface area contributed by atoms with Gasteiger partial charge in [-0.2, -0.15) is 9.39 Å². The number of hydrogen-bond donors (Lipinski definition) is 1. The second-order valence-corrected chi connectivity index (χ2v) is 10.4. The summed E-state index contributed by atoms with van der Waals surface area (Å²) in [6.07, 6.45) is 2.44. The summed E-state index contributed by atoms with van der Waals surface area (Å²) in [5, 5.41) is 8.17. The first-order valence-corrected chi connectivity index (χ1v) is 13.4. The van der Waals surface area contributed by atoms with E-state index in [-0.39, 0.29) is 35.1 Å². The Hall–Kier alpha value is -3.84. The topological polar surface area (TPSA) is 140 Å². The van der Waals surface area contributed by atoms with Crippen molar-refractivity contribution in [2.45, 2.75) is 13.5 Å². The molecule has 36 heavy (non-hydrogen) atoms. The molecule has 3 aliphatic rings. The van der Waals surface area contributed by atoms with Crippen molar-refractivity contribution in [3.05, 3.63) is 53.1 Å². The smallest absolute Gasteiger partial charge is 0.283 e. The highest BCUT2D eigenvalue weighted by Crippen LogP contribution is 2.35. The van der Waals surface area contributed by atoms with Crippen LogP contribution < -0.4 is 18.9 Å². The van der Waals surface area contributed by atoms with Crippen LogP contribution in [0.25, 0.3) is 6.08 Å². The molecular formula is C23H20N4O7S2. The monoisotopic (exact) mass is 528 g/mol. The van der Waals surface area contributed by atoms with E-state index in [9.17, 15) is 13.2 Å². The molecule has 3 heterocycles. The van der Waals surface area contributed by atoms with Crippen LogP contribution in [0.4, 0.5) is 0 Å². The van der Waals surface area contributed by atoms with Crippen molar-refractivity contribution in [3.63, 3.8) is 0 Å². The quantitative estimate of drug-likeness (QED) is 0.442. The van der Waals surface area contributed by atoms with Crippen molar-refractivity contribution >= 4 is 49.9 Å². The lowest BCUT2D eigenvalue weighted by Gasteiger charge is -2.23. The van der Waals surface area contributed by atoms with Crippen molar-refractivity contribution in [2.24, 2.45) is 9.39 Å². The zero-order valence-corrected chi connectivity index (χ0v) is 20.8. The molecule has 0 saturated heterocycles. The summed E-state index contributed by atoms with van der Waals surface area (Å²) < 4.78 is 50.4. The molecule has 0 aliphatic carbocycles. The first-order chi connectivity index (χ1) is 17.2. The van der Waals surface area contributed by atoms with Gasteiger partial charge in [-0.15, -0.1) is 0 Å². The molecule has 0 bridgehead atoms. The van der Waals surface area contributed by atoms with E-state index in [0.717, 1.165) is 28.7 Å². The van der Waals surface area contributed by atoms with E-state index in [1.807, 2.05) is 25.1 Å². The number of amides is 1. The van der Waals surface area contributed by atoms with Crippen molar-refractivity contribution in [2.75, 3.05) is 19.7 Å². The number of nitrogens with zero attached hydrogens (tertiary/aromatic N) is 3. The average molecular weight is 529 g/mol. The number of benzene rings is 2. The molecule has 1 amide bonds. The molecule has 2 aromatic carbocycles. The fourth-order valence-electron chi connectivity index (χ4n) is 3.60. The minimum Gasteiger partial charge on any atom is -0.490 e.